The Balaban J connectivity index is 3.73. The third-order valence-corrected chi connectivity index (χ3v) is 5.01. The van der Waals surface area contributed by atoms with Gasteiger partial charge in [0.25, 0.3) is 0 Å². The van der Waals surface area contributed by atoms with Gasteiger partial charge in [0.15, 0.2) is 0 Å². The van der Waals surface area contributed by atoms with Crippen LogP contribution in [0.2, 0.25) is 0 Å². The molecule has 2 amide bonds. The molecule has 6 heteroatoms. The summed E-state index contributed by atoms with van der Waals surface area (Å²) in [5.41, 5.74) is 0. The van der Waals surface area contributed by atoms with E-state index in [0.29, 0.717) is 13.0 Å². The molecule has 1 atom stereocenters. The zero-order valence-electron chi connectivity index (χ0n) is 18.8. The molecule has 28 heavy (non-hydrogen) atoms. The fraction of sp³-hybridized carbons (Fsp3) is 0.909. The molecular formula is C22H45N3O3. The van der Waals surface area contributed by atoms with Gasteiger partial charge in [-0.3, -0.25) is 9.59 Å². The number of likely N-dealkylation sites (N-methyl/N-ethyl adjacent to an activating group) is 1. The van der Waals surface area contributed by atoms with Gasteiger partial charge in [-0.05, 0) is 46.2 Å². The molecule has 1 unspecified atom stereocenters. The van der Waals surface area contributed by atoms with Crippen molar-refractivity contribution in [2.45, 2.75) is 90.6 Å². The number of hydrogen-bond acceptors (Lipinski definition) is 4. The van der Waals surface area contributed by atoms with Crippen LogP contribution in [0.4, 0.5) is 0 Å². The van der Waals surface area contributed by atoms with Crippen LogP contribution < -0.4 is 5.32 Å². The molecule has 0 bridgehead atoms. The Bertz CT molecular complexity index is 402. The number of rotatable bonds is 18. The van der Waals surface area contributed by atoms with E-state index < -0.39 is 0 Å². The van der Waals surface area contributed by atoms with Crippen molar-refractivity contribution in [3.8, 4) is 0 Å². The summed E-state index contributed by atoms with van der Waals surface area (Å²) in [4.78, 5) is 27.4. The van der Waals surface area contributed by atoms with Crippen LogP contribution in [0, 0.1) is 0 Å². The van der Waals surface area contributed by atoms with E-state index in [1.807, 2.05) is 23.9 Å². The summed E-state index contributed by atoms with van der Waals surface area (Å²) in [5, 5.41) is 12.9. The monoisotopic (exact) mass is 399 g/mol. The first-order valence-corrected chi connectivity index (χ1v) is 11.2. The van der Waals surface area contributed by atoms with Crippen molar-refractivity contribution < 1.29 is 14.7 Å². The molecule has 0 saturated heterocycles. The predicted molar refractivity (Wildman–Crippen MR) is 116 cm³/mol. The van der Waals surface area contributed by atoms with E-state index in [1.165, 1.54) is 12.8 Å². The lowest BCUT2D eigenvalue weighted by Gasteiger charge is -2.21. The van der Waals surface area contributed by atoms with E-state index in [-0.39, 0.29) is 17.9 Å². The van der Waals surface area contributed by atoms with Crippen LogP contribution >= 0.6 is 0 Å². The van der Waals surface area contributed by atoms with Gasteiger partial charge in [0.05, 0.1) is 6.10 Å². The number of unbranched alkanes of at least 4 members (excludes halogenated alkanes) is 5. The van der Waals surface area contributed by atoms with Crippen molar-refractivity contribution in [2.75, 3.05) is 40.3 Å². The summed E-state index contributed by atoms with van der Waals surface area (Å²) in [6.07, 6.45) is 10.2. The molecule has 2 N–H and O–H groups in total. The topological polar surface area (TPSA) is 72.9 Å². The maximum Gasteiger partial charge on any atom is 0.220 e. The molecule has 0 aliphatic heterocycles. The van der Waals surface area contributed by atoms with E-state index in [9.17, 15) is 14.7 Å². The summed E-state index contributed by atoms with van der Waals surface area (Å²) in [6, 6.07) is 0. The van der Waals surface area contributed by atoms with Gasteiger partial charge in [-0.1, -0.05) is 39.0 Å². The molecule has 0 aromatic rings. The highest BCUT2D eigenvalue weighted by Crippen LogP contribution is 2.10. The van der Waals surface area contributed by atoms with Gasteiger partial charge < -0.3 is 20.2 Å². The zero-order chi connectivity index (χ0) is 21.2. The second-order valence-corrected chi connectivity index (χ2v) is 8.12. The molecule has 0 spiro atoms. The van der Waals surface area contributed by atoms with Crippen LogP contribution in [0.15, 0.2) is 0 Å². The van der Waals surface area contributed by atoms with Gasteiger partial charge in [-0.2, -0.15) is 0 Å². The molecule has 0 aliphatic carbocycles. The quantitative estimate of drug-likeness (QED) is 0.347. The van der Waals surface area contributed by atoms with Gasteiger partial charge in [-0.15, -0.1) is 0 Å². The fourth-order valence-corrected chi connectivity index (χ4v) is 3.17. The number of hydrogen-bond donors (Lipinski definition) is 2. The Morgan fingerprint density at radius 3 is 2.18 bits per heavy atom. The Labute approximate surface area is 173 Å². The standard InChI is InChI=1S/C22H45N3O3/c1-5-6-9-13-21(27)14-12-18-25(20(2)26)17-11-8-7-10-15-22(28)23-16-19-24(3)4/h21,27H,5-19H2,1-4H3,(H,23,28). The molecule has 0 radical (unpaired) electrons. The average Bonchev–Trinajstić information content (AvgIpc) is 2.62. The molecule has 0 fully saturated rings. The number of aliphatic hydroxyl groups excluding tert-OH is 1. The Morgan fingerprint density at radius 1 is 0.893 bits per heavy atom. The van der Waals surface area contributed by atoms with Crippen LogP contribution in [-0.4, -0.2) is 73.1 Å². The molecule has 6 nitrogen and oxygen atoms in total. The number of aliphatic hydroxyl groups is 1. The third-order valence-electron chi connectivity index (χ3n) is 5.01. The predicted octanol–water partition coefficient (Wildman–Crippen LogP) is 3.18. The molecule has 0 heterocycles. The molecular weight excluding hydrogens is 354 g/mol. The summed E-state index contributed by atoms with van der Waals surface area (Å²) in [6.45, 7) is 6.86. The van der Waals surface area contributed by atoms with E-state index in [4.69, 9.17) is 0 Å². The van der Waals surface area contributed by atoms with Gasteiger partial charge >= 0.3 is 0 Å². The largest absolute Gasteiger partial charge is 0.393 e. The number of amides is 2. The molecule has 0 aliphatic rings. The maximum atomic E-state index is 11.8. The van der Waals surface area contributed by atoms with Crippen molar-refractivity contribution in [3.05, 3.63) is 0 Å². The number of nitrogens with zero attached hydrogens (tertiary/aromatic N) is 2. The summed E-state index contributed by atoms with van der Waals surface area (Å²) in [7, 11) is 3.98. The molecule has 0 saturated carbocycles. The molecule has 0 rings (SSSR count). The third kappa shape index (κ3) is 17.0. The van der Waals surface area contributed by atoms with Crippen molar-refractivity contribution in [3.63, 3.8) is 0 Å². The molecule has 166 valence electrons. The normalized spacial score (nSPS) is 12.2. The summed E-state index contributed by atoms with van der Waals surface area (Å²) in [5.74, 6) is 0.241. The lowest BCUT2D eigenvalue weighted by atomic mass is 10.1. The van der Waals surface area contributed by atoms with Gasteiger partial charge in [0.1, 0.15) is 0 Å². The highest BCUT2D eigenvalue weighted by molar-refractivity contribution is 5.75. The minimum Gasteiger partial charge on any atom is -0.393 e. The average molecular weight is 400 g/mol. The SMILES string of the molecule is CCCCCC(O)CCCN(CCCCCCC(=O)NCCN(C)C)C(C)=O. The maximum absolute atomic E-state index is 11.8. The second kappa shape index (κ2) is 17.9. The number of carbonyl (C=O) groups excluding carboxylic acids is 2. The van der Waals surface area contributed by atoms with Crippen LogP contribution in [0.25, 0.3) is 0 Å². The highest BCUT2D eigenvalue weighted by atomic mass is 16.3. The number of carbonyl (C=O) groups is 2. The Morgan fingerprint density at radius 2 is 1.54 bits per heavy atom. The van der Waals surface area contributed by atoms with Gasteiger partial charge in [0.2, 0.25) is 11.8 Å². The van der Waals surface area contributed by atoms with Gasteiger partial charge in [0, 0.05) is 39.5 Å². The highest BCUT2D eigenvalue weighted by Gasteiger charge is 2.10. The van der Waals surface area contributed by atoms with Crippen LogP contribution in [-0.2, 0) is 9.59 Å². The van der Waals surface area contributed by atoms with E-state index in [0.717, 1.165) is 71.0 Å². The lowest BCUT2D eigenvalue weighted by molar-refractivity contribution is -0.129. The minimum absolute atomic E-state index is 0.112. The van der Waals surface area contributed by atoms with Crippen LogP contribution in [0.5, 0.6) is 0 Å². The zero-order valence-corrected chi connectivity index (χ0v) is 18.8. The Kier molecular flexibility index (Phi) is 17.2. The number of nitrogens with one attached hydrogen (secondary N) is 1. The van der Waals surface area contributed by atoms with Crippen molar-refractivity contribution in [1.82, 2.24) is 15.1 Å². The smallest absolute Gasteiger partial charge is 0.220 e. The lowest BCUT2D eigenvalue weighted by Crippen LogP contribution is -2.31. The van der Waals surface area contributed by atoms with E-state index in [1.54, 1.807) is 6.92 Å². The van der Waals surface area contributed by atoms with Crippen molar-refractivity contribution in [1.29, 1.82) is 0 Å². The Hall–Kier alpha value is -1.14. The second-order valence-electron chi connectivity index (χ2n) is 8.12. The summed E-state index contributed by atoms with van der Waals surface area (Å²) < 4.78 is 0. The first-order valence-electron chi connectivity index (χ1n) is 11.2. The fourth-order valence-electron chi connectivity index (χ4n) is 3.17. The first-order chi connectivity index (χ1) is 13.4. The van der Waals surface area contributed by atoms with Crippen LogP contribution in [0.3, 0.4) is 0 Å². The van der Waals surface area contributed by atoms with Crippen LogP contribution in [0.1, 0.15) is 84.5 Å². The first kappa shape index (κ1) is 26.9. The van der Waals surface area contributed by atoms with E-state index >= 15 is 0 Å². The minimum atomic E-state index is -0.232. The van der Waals surface area contributed by atoms with Gasteiger partial charge in [-0.25, -0.2) is 0 Å². The van der Waals surface area contributed by atoms with E-state index in [2.05, 4.69) is 12.2 Å². The molecule has 0 aromatic heterocycles. The molecule has 0 aromatic carbocycles. The summed E-state index contributed by atoms with van der Waals surface area (Å²) >= 11 is 0. The van der Waals surface area contributed by atoms with Crippen molar-refractivity contribution in [2.24, 2.45) is 0 Å². The van der Waals surface area contributed by atoms with Crippen molar-refractivity contribution >= 4 is 11.8 Å².